The van der Waals surface area contributed by atoms with Gasteiger partial charge in [0, 0.05) is 6.42 Å². The summed E-state index contributed by atoms with van der Waals surface area (Å²) in [5.74, 6) is 2.09. The maximum atomic E-state index is 5.84. The van der Waals surface area contributed by atoms with Crippen molar-refractivity contribution >= 4 is 0 Å². The fraction of sp³-hybridized carbons (Fsp3) is 0.429. The van der Waals surface area contributed by atoms with Gasteiger partial charge in [-0.15, -0.1) is 10.2 Å². The molecule has 1 aromatic carbocycles. The van der Waals surface area contributed by atoms with Crippen LogP contribution >= 0.6 is 0 Å². The van der Waals surface area contributed by atoms with Crippen molar-refractivity contribution in [1.82, 2.24) is 15.5 Å². The maximum absolute atomic E-state index is 5.84. The van der Waals surface area contributed by atoms with E-state index in [0.717, 1.165) is 18.6 Å². The van der Waals surface area contributed by atoms with Gasteiger partial charge in [0.05, 0.1) is 6.04 Å². The normalized spacial score (nSPS) is 18.9. The second-order valence-corrected chi connectivity index (χ2v) is 4.65. The third-order valence-electron chi connectivity index (χ3n) is 3.43. The number of hydrogen-bond donors (Lipinski definition) is 1. The SMILES string of the molecule is CCC(NC)c1nnc(C2Cc3ccccc3O2)o1. The quantitative estimate of drug-likeness (QED) is 0.913. The van der Waals surface area contributed by atoms with E-state index in [1.165, 1.54) is 5.56 Å². The molecule has 1 aromatic heterocycles. The Bertz CT molecular complexity index is 538. The standard InChI is InChI=1S/C14H17N3O2/c1-3-10(15-2)13-16-17-14(19-13)12-8-9-6-4-5-7-11(9)18-12/h4-7,10,12,15H,3,8H2,1-2H3. The van der Waals surface area contributed by atoms with Gasteiger partial charge in [-0.05, 0) is 25.1 Å². The molecule has 5 heteroatoms. The molecule has 0 amide bonds. The highest BCUT2D eigenvalue weighted by atomic mass is 16.5. The van der Waals surface area contributed by atoms with E-state index in [0.29, 0.717) is 11.8 Å². The first-order valence-electron chi connectivity index (χ1n) is 6.57. The molecular weight excluding hydrogens is 242 g/mol. The van der Waals surface area contributed by atoms with Crippen LogP contribution in [0, 0.1) is 0 Å². The number of para-hydroxylation sites is 1. The molecule has 0 aliphatic carbocycles. The van der Waals surface area contributed by atoms with Crippen LogP contribution < -0.4 is 10.1 Å². The van der Waals surface area contributed by atoms with E-state index in [9.17, 15) is 0 Å². The van der Waals surface area contributed by atoms with Crippen molar-refractivity contribution < 1.29 is 9.15 Å². The summed E-state index contributed by atoms with van der Waals surface area (Å²) in [7, 11) is 1.89. The van der Waals surface area contributed by atoms with Crippen LogP contribution in [0.3, 0.4) is 0 Å². The highest BCUT2D eigenvalue weighted by Gasteiger charge is 2.29. The summed E-state index contributed by atoms with van der Waals surface area (Å²) in [6.45, 7) is 2.08. The summed E-state index contributed by atoms with van der Waals surface area (Å²) < 4.78 is 11.6. The van der Waals surface area contributed by atoms with Gasteiger partial charge in [-0.1, -0.05) is 25.1 Å². The van der Waals surface area contributed by atoms with Crippen molar-refractivity contribution in [3.63, 3.8) is 0 Å². The van der Waals surface area contributed by atoms with Crippen molar-refractivity contribution in [3.05, 3.63) is 41.6 Å². The molecule has 1 N–H and O–H groups in total. The van der Waals surface area contributed by atoms with E-state index in [-0.39, 0.29) is 12.1 Å². The van der Waals surface area contributed by atoms with Crippen molar-refractivity contribution in [2.24, 2.45) is 0 Å². The van der Waals surface area contributed by atoms with Gasteiger partial charge < -0.3 is 14.5 Å². The largest absolute Gasteiger partial charge is 0.480 e. The fourth-order valence-corrected chi connectivity index (χ4v) is 2.34. The number of nitrogens with zero attached hydrogens (tertiary/aromatic N) is 2. The molecule has 3 rings (SSSR count). The van der Waals surface area contributed by atoms with Crippen LogP contribution in [0.4, 0.5) is 0 Å². The number of fused-ring (bicyclic) bond motifs is 1. The van der Waals surface area contributed by atoms with Crippen LogP contribution in [-0.4, -0.2) is 17.2 Å². The van der Waals surface area contributed by atoms with E-state index in [4.69, 9.17) is 9.15 Å². The predicted molar refractivity (Wildman–Crippen MR) is 69.9 cm³/mol. The summed E-state index contributed by atoms with van der Waals surface area (Å²) in [5, 5.41) is 11.4. The first-order chi connectivity index (χ1) is 9.31. The number of hydrogen-bond acceptors (Lipinski definition) is 5. The Kier molecular flexibility index (Phi) is 3.21. The van der Waals surface area contributed by atoms with Gasteiger partial charge in [0.15, 0.2) is 6.10 Å². The summed E-state index contributed by atoms with van der Waals surface area (Å²) in [6.07, 6.45) is 1.53. The van der Waals surface area contributed by atoms with Crippen LogP contribution in [0.1, 0.15) is 42.8 Å². The number of benzene rings is 1. The Morgan fingerprint density at radius 1 is 1.37 bits per heavy atom. The third kappa shape index (κ3) is 2.21. The average molecular weight is 259 g/mol. The Labute approximate surface area is 112 Å². The molecule has 2 heterocycles. The molecular formula is C14H17N3O2. The smallest absolute Gasteiger partial charge is 0.257 e. The lowest BCUT2D eigenvalue weighted by Gasteiger charge is -2.08. The molecule has 0 spiro atoms. The lowest BCUT2D eigenvalue weighted by Crippen LogP contribution is -2.15. The molecule has 2 unspecified atom stereocenters. The molecule has 2 atom stereocenters. The Morgan fingerprint density at radius 2 is 2.21 bits per heavy atom. The lowest BCUT2D eigenvalue weighted by molar-refractivity contribution is 0.192. The highest BCUT2D eigenvalue weighted by molar-refractivity contribution is 5.37. The molecule has 19 heavy (non-hydrogen) atoms. The molecule has 0 saturated heterocycles. The van der Waals surface area contributed by atoms with E-state index in [1.807, 2.05) is 25.2 Å². The highest BCUT2D eigenvalue weighted by Crippen LogP contribution is 2.36. The van der Waals surface area contributed by atoms with Gasteiger partial charge in [0.1, 0.15) is 5.75 Å². The molecule has 0 radical (unpaired) electrons. The zero-order chi connectivity index (χ0) is 13.2. The van der Waals surface area contributed by atoms with Crippen LogP contribution in [0.2, 0.25) is 0 Å². The number of nitrogens with one attached hydrogen (secondary N) is 1. The summed E-state index contributed by atoms with van der Waals surface area (Å²) >= 11 is 0. The van der Waals surface area contributed by atoms with Gasteiger partial charge in [-0.2, -0.15) is 0 Å². The number of aromatic nitrogens is 2. The van der Waals surface area contributed by atoms with E-state index < -0.39 is 0 Å². The molecule has 0 bridgehead atoms. The molecule has 1 aliphatic rings. The van der Waals surface area contributed by atoms with E-state index in [1.54, 1.807) is 0 Å². The van der Waals surface area contributed by atoms with Crippen LogP contribution in [0.25, 0.3) is 0 Å². The second kappa shape index (κ2) is 5.01. The van der Waals surface area contributed by atoms with Crippen LogP contribution in [0.15, 0.2) is 28.7 Å². The zero-order valence-corrected chi connectivity index (χ0v) is 11.1. The molecule has 100 valence electrons. The Balaban J connectivity index is 1.79. The first-order valence-corrected chi connectivity index (χ1v) is 6.57. The fourth-order valence-electron chi connectivity index (χ4n) is 2.34. The van der Waals surface area contributed by atoms with Crippen molar-refractivity contribution in [2.75, 3.05) is 7.05 Å². The maximum Gasteiger partial charge on any atom is 0.257 e. The van der Waals surface area contributed by atoms with Crippen LogP contribution in [-0.2, 0) is 6.42 Å². The monoisotopic (exact) mass is 259 g/mol. The molecule has 5 nitrogen and oxygen atoms in total. The minimum absolute atomic E-state index is 0.102. The van der Waals surface area contributed by atoms with Gasteiger partial charge in [-0.3, -0.25) is 0 Å². The van der Waals surface area contributed by atoms with Gasteiger partial charge in [0.2, 0.25) is 5.89 Å². The van der Waals surface area contributed by atoms with Gasteiger partial charge in [0.25, 0.3) is 5.89 Å². The van der Waals surface area contributed by atoms with E-state index >= 15 is 0 Å². The first kappa shape index (κ1) is 12.2. The average Bonchev–Trinajstić information content (AvgIpc) is 3.06. The van der Waals surface area contributed by atoms with Crippen LogP contribution in [0.5, 0.6) is 5.75 Å². The topological polar surface area (TPSA) is 60.2 Å². The lowest BCUT2D eigenvalue weighted by atomic mass is 10.1. The third-order valence-corrected chi connectivity index (χ3v) is 3.43. The Morgan fingerprint density at radius 3 is 2.95 bits per heavy atom. The van der Waals surface area contributed by atoms with Crippen molar-refractivity contribution in [1.29, 1.82) is 0 Å². The van der Waals surface area contributed by atoms with E-state index in [2.05, 4.69) is 28.5 Å². The minimum atomic E-state index is -0.159. The summed E-state index contributed by atoms with van der Waals surface area (Å²) in [5.41, 5.74) is 1.19. The van der Waals surface area contributed by atoms with Crippen molar-refractivity contribution in [3.8, 4) is 5.75 Å². The second-order valence-electron chi connectivity index (χ2n) is 4.65. The molecule has 2 aromatic rings. The molecule has 0 saturated carbocycles. The number of ether oxygens (including phenoxy) is 1. The molecule has 0 fully saturated rings. The predicted octanol–water partition coefficient (Wildman–Crippen LogP) is 2.42. The van der Waals surface area contributed by atoms with Crippen molar-refractivity contribution in [2.45, 2.75) is 31.9 Å². The molecule has 1 aliphatic heterocycles. The summed E-state index contributed by atoms with van der Waals surface area (Å²) in [4.78, 5) is 0. The Hall–Kier alpha value is -1.88. The van der Waals surface area contributed by atoms with Gasteiger partial charge in [-0.25, -0.2) is 0 Å². The minimum Gasteiger partial charge on any atom is -0.480 e. The number of rotatable bonds is 4. The summed E-state index contributed by atoms with van der Waals surface area (Å²) in [6, 6.07) is 8.11. The zero-order valence-electron chi connectivity index (χ0n) is 11.1. The van der Waals surface area contributed by atoms with Gasteiger partial charge >= 0.3 is 0 Å².